The Bertz CT molecular complexity index is 48.8. The van der Waals surface area contributed by atoms with E-state index in [0.717, 1.165) is 5.75 Å². The second-order valence-electron chi connectivity index (χ2n) is 0.753. The van der Waals surface area contributed by atoms with Crippen molar-refractivity contribution >= 4 is 36.0 Å². The molecule has 6 heavy (non-hydrogen) atoms. The van der Waals surface area contributed by atoms with Crippen LogP contribution in [0.3, 0.4) is 0 Å². The van der Waals surface area contributed by atoms with E-state index < -0.39 is 0 Å². The van der Waals surface area contributed by atoms with Gasteiger partial charge in [-0.05, 0) is 6.08 Å². The molecule has 0 fully saturated rings. The van der Waals surface area contributed by atoms with Crippen molar-refractivity contribution in [2.45, 2.75) is 0 Å². The zero-order chi connectivity index (χ0) is 3.54. The van der Waals surface area contributed by atoms with Gasteiger partial charge in [0.2, 0.25) is 0 Å². The normalized spacial score (nSPS) is 16.0. The molecule has 0 unspecified atom stereocenters. The third-order valence-corrected chi connectivity index (χ3v) is 0.960. The molecule has 1 aliphatic heterocycles. The Morgan fingerprint density at radius 2 is 2.50 bits per heavy atom. The summed E-state index contributed by atoms with van der Waals surface area (Å²) in [5, 5.41) is 0. The quantitative estimate of drug-likeness (QED) is 0.429. The minimum absolute atomic E-state index is 0. The number of rotatable bonds is 0. The summed E-state index contributed by atoms with van der Waals surface area (Å²) in [5.74, 6) is 1.01. The van der Waals surface area contributed by atoms with Crippen molar-refractivity contribution in [1.29, 1.82) is 0 Å². The standard InChI is InChI=1S/C3H4OS.Sn/c1-2-4-5-3-1;/h1-2H,3H2;. The maximum Gasteiger partial charge on any atom is 0.0979 e. The first-order valence-corrected chi connectivity index (χ1v) is 2.34. The van der Waals surface area contributed by atoms with E-state index in [9.17, 15) is 0 Å². The van der Waals surface area contributed by atoms with Gasteiger partial charge in [0, 0.05) is 23.9 Å². The molecule has 32 valence electrons. The van der Waals surface area contributed by atoms with E-state index in [4.69, 9.17) is 0 Å². The van der Waals surface area contributed by atoms with Crippen molar-refractivity contribution in [2.24, 2.45) is 0 Å². The SMILES string of the molecule is C1=COSC1.[Sn]. The van der Waals surface area contributed by atoms with Gasteiger partial charge in [-0.1, -0.05) is 0 Å². The van der Waals surface area contributed by atoms with Gasteiger partial charge in [-0.2, -0.15) is 0 Å². The summed E-state index contributed by atoms with van der Waals surface area (Å²) in [6.07, 6.45) is 3.68. The molecular weight excluding hydrogens is 203 g/mol. The van der Waals surface area contributed by atoms with Crippen LogP contribution in [0.15, 0.2) is 12.3 Å². The molecular formula is C3H4OSSn. The van der Waals surface area contributed by atoms with Gasteiger partial charge in [0.15, 0.2) is 0 Å². The smallest absolute Gasteiger partial charge is 0.0979 e. The van der Waals surface area contributed by atoms with Crippen LogP contribution in [0.25, 0.3) is 0 Å². The minimum atomic E-state index is 0. The summed E-state index contributed by atoms with van der Waals surface area (Å²) in [6.45, 7) is 0. The molecule has 1 heterocycles. The fraction of sp³-hybridized carbons (Fsp3) is 0.333. The summed E-state index contributed by atoms with van der Waals surface area (Å²) < 4.78 is 4.68. The molecule has 1 nitrogen and oxygen atoms in total. The molecule has 0 aromatic heterocycles. The summed E-state index contributed by atoms with van der Waals surface area (Å²) in [7, 11) is 0. The van der Waals surface area contributed by atoms with E-state index in [0.29, 0.717) is 0 Å². The predicted molar refractivity (Wildman–Crippen MR) is 28.4 cm³/mol. The Labute approximate surface area is 58.3 Å². The van der Waals surface area contributed by atoms with E-state index in [1.165, 1.54) is 12.0 Å². The fourth-order valence-corrected chi connectivity index (χ4v) is 0.589. The maximum atomic E-state index is 4.68. The first-order chi connectivity index (χ1) is 2.50. The summed E-state index contributed by atoms with van der Waals surface area (Å²) in [4.78, 5) is 0. The summed E-state index contributed by atoms with van der Waals surface area (Å²) in [5.41, 5.74) is 0. The first kappa shape index (κ1) is 6.69. The van der Waals surface area contributed by atoms with Crippen molar-refractivity contribution in [3.8, 4) is 0 Å². The van der Waals surface area contributed by atoms with Crippen LogP contribution >= 0.6 is 12.0 Å². The van der Waals surface area contributed by atoms with Gasteiger partial charge in [0.1, 0.15) is 0 Å². The van der Waals surface area contributed by atoms with Crippen LogP contribution in [0, 0.1) is 0 Å². The topological polar surface area (TPSA) is 9.23 Å². The van der Waals surface area contributed by atoms with Gasteiger partial charge in [0.05, 0.1) is 24.1 Å². The molecule has 0 aromatic carbocycles. The van der Waals surface area contributed by atoms with Gasteiger partial charge < -0.3 is 4.18 Å². The Morgan fingerprint density at radius 1 is 1.67 bits per heavy atom. The summed E-state index contributed by atoms with van der Waals surface area (Å²) >= 11 is 1.46. The van der Waals surface area contributed by atoms with Crippen LogP contribution in [0.1, 0.15) is 0 Å². The third kappa shape index (κ3) is 1.97. The van der Waals surface area contributed by atoms with Crippen molar-refractivity contribution in [3.63, 3.8) is 0 Å². The van der Waals surface area contributed by atoms with E-state index >= 15 is 0 Å². The molecule has 0 atom stereocenters. The van der Waals surface area contributed by atoms with Crippen LogP contribution in [0.4, 0.5) is 0 Å². The molecule has 1 rings (SSSR count). The Hall–Kier alpha value is 0.689. The molecule has 0 amide bonds. The van der Waals surface area contributed by atoms with Gasteiger partial charge in [0.25, 0.3) is 0 Å². The number of hydrogen-bond acceptors (Lipinski definition) is 2. The average Bonchev–Trinajstić information content (AvgIpc) is 1.76. The maximum absolute atomic E-state index is 4.68. The second-order valence-corrected chi connectivity index (χ2v) is 1.51. The van der Waals surface area contributed by atoms with E-state index in [1.807, 2.05) is 6.08 Å². The largest absolute Gasteiger partial charge is 0.433 e. The fourth-order valence-electron chi connectivity index (χ4n) is 0.196. The van der Waals surface area contributed by atoms with Crippen LogP contribution in [0.5, 0.6) is 0 Å². The third-order valence-electron chi connectivity index (χ3n) is 0.384. The Morgan fingerprint density at radius 3 is 2.67 bits per heavy atom. The molecule has 0 aliphatic carbocycles. The van der Waals surface area contributed by atoms with Crippen LogP contribution in [-0.4, -0.2) is 29.7 Å². The van der Waals surface area contributed by atoms with E-state index in [2.05, 4.69) is 4.18 Å². The average molecular weight is 207 g/mol. The molecule has 1 aliphatic rings. The van der Waals surface area contributed by atoms with Crippen LogP contribution < -0.4 is 0 Å². The van der Waals surface area contributed by atoms with Crippen molar-refractivity contribution in [1.82, 2.24) is 0 Å². The van der Waals surface area contributed by atoms with Gasteiger partial charge in [-0.15, -0.1) is 0 Å². The molecule has 0 saturated heterocycles. The van der Waals surface area contributed by atoms with Crippen molar-refractivity contribution in [3.05, 3.63) is 12.3 Å². The molecule has 4 radical (unpaired) electrons. The van der Waals surface area contributed by atoms with Crippen LogP contribution in [0.2, 0.25) is 0 Å². The monoisotopic (exact) mass is 208 g/mol. The van der Waals surface area contributed by atoms with Gasteiger partial charge >= 0.3 is 0 Å². The van der Waals surface area contributed by atoms with Crippen molar-refractivity contribution < 1.29 is 4.18 Å². The molecule has 0 bridgehead atoms. The van der Waals surface area contributed by atoms with Crippen molar-refractivity contribution in [2.75, 3.05) is 5.75 Å². The van der Waals surface area contributed by atoms with Gasteiger partial charge in [-0.25, -0.2) is 0 Å². The molecule has 3 heteroatoms. The molecule has 0 saturated carbocycles. The second kappa shape index (κ2) is 3.86. The molecule has 0 N–H and O–H groups in total. The Kier molecular flexibility index (Phi) is 4.31. The summed E-state index contributed by atoms with van der Waals surface area (Å²) in [6, 6.07) is 0. The molecule has 0 spiro atoms. The predicted octanol–water partition coefficient (Wildman–Crippen LogP) is 0.798. The van der Waals surface area contributed by atoms with Crippen LogP contribution in [-0.2, 0) is 4.18 Å². The number of hydrogen-bond donors (Lipinski definition) is 0. The molecule has 0 aromatic rings. The van der Waals surface area contributed by atoms with E-state index in [1.54, 1.807) is 6.26 Å². The Balaban J connectivity index is 0.000000250. The zero-order valence-corrected chi connectivity index (χ0v) is 6.85. The first-order valence-electron chi connectivity index (χ1n) is 1.43. The minimum Gasteiger partial charge on any atom is -0.433 e. The zero-order valence-electron chi connectivity index (χ0n) is 3.18. The van der Waals surface area contributed by atoms with Gasteiger partial charge in [-0.3, -0.25) is 0 Å². The van der Waals surface area contributed by atoms with E-state index in [-0.39, 0.29) is 23.9 Å².